The van der Waals surface area contributed by atoms with Gasteiger partial charge in [0.05, 0.1) is 0 Å². The third-order valence-corrected chi connectivity index (χ3v) is 3.36. The van der Waals surface area contributed by atoms with Crippen LogP contribution in [-0.2, 0) is 9.59 Å². The van der Waals surface area contributed by atoms with Gasteiger partial charge in [0, 0.05) is 35.1 Å². The molecule has 0 saturated carbocycles. The number of amides is 2. The minimum Gasteiger partial charge on any atom is -0.354 e. The molecule has 1 fully saturated rings. The van der Waals surface area contributed by atoms with Crippen LogP contribution in [0, 0.1) is 0 Å². The van der Waals surface area contributed by atoms with Gasteiger partial charge in [-0.25, -0.2) is 0 Å². The van der Waals surface area contributed by atoms with Crippen molar-refractivity contribution in [1.29, 1.82) is 0 Å². The van der Waals surface area contributed by atoms with E-state index in [-0.39, 0.29) is 17.9 Å². The second kappa shape index (κ2) is 6.77. The maximum atomic E-state index is 11.8. The van der Waals surface area contributed by atoms with E-state index in [1.807, 2.05) is 0 Å². The average Bonchev–Trinajstić information content (AvgIpc) is 2.38. The SMILES string of the molecule is O=C(C=Cc1cc(Cl)cc(Cl)c1)NC1CCC(=O)NC1. The van der Waals surface area contributed by atoms with Crippen LogP contribution in [0.15, 0.2) is 24.3 Å². The van der Waals surface area contributed by atoms with Crippen LogP contribution in [-0.4, -0.2) is 24.4 Å². The first kappa shape index (κ1) is 14.9. The Morgan fingerprint density at radius 1 is 1.30 bits per heavy atom. The standard InChI is InChI=1S/C14H14Cl2N2O2/c15-10-5-9(6-11(16)7-10)1-3-14(20)18-12-2-4-13(19)17-8-12/h1,3,5-7,12H,2,4,8H2,(H,17,19)(H,18,20). The Balaban J connectivity index is 1.90. The van der Waals surface area contributed by atoms with E-state index in [4.69, 9.17) is 23.2 Å². The lowest BCUT2D eigenvalue weighted by molar-refractivity contribution is -0.124. The number of nitrogens with one attached hydrogen (secondary N) is 2. The van der Waals surface area contributed by atoms with Gasteiger partial charge in [0.2, 0.25) is 11.8 Å². The molecule has 2 rings (SSSR count). The van der Waals surface area contributed by atoms with Crippen LogP contribution in [0.1, 0.15) is 18.4 Å². The Morgan fingerprint density at radius 3 is 2.60 bits per heavy atom. The van der Waals surface area contributed by atoms with Gasteiger partial charge in [0.1, 0.15) is 0 Å². The fourth-order valence-corrected chi connectivity index (χ4v) is 2.49. The van der Waals surface area contributed by atoms with Crippen LogP contribution in [0.5, 0.6) is 0 Å². The third kappa shape index (κ3) is 4.54. The maximum absolute atomic E-state index is 11.8. The van der Waals surface area contributed by atoms with Crippen molar-refractivity contribution in [2.75, 3.05) is 6.54 Å². The van der Waals surface area contributed by atoms with Crippen molar-refractivity contribution in [2.24, 2.45) is 0 Å². The molecule has 1 aromatic carbocycles. The van der Waals surface area contributed by atoms with E-state index >= 15 is 0 Å². The minimum atomic E-state index is -0.206. The first-order chi connectivity index (χ1) is 9.52. The summed E-state index contributed by atoms with van der Waals surface area (Å²) in [5, 5.41) is 6.59. The monoisotopic (exact) mass is 312 g/mol. The molecule has 0 spiro atoms. The summed E-state index contributed by atoms with van der Waals surface area (Å²) in [5.41, 5.74) is 0.759. The predicted molar refractivity (Wildman–Crippen MR) is 79.7 cm³/mol. The van der Waals surface area contributed by atoms with E-state index in [9.17, 15) is 9.59 Å². The van der Waals surface area contributed by atoms with Gasteiger partial charge in [-0.2, -0.15) is 0 Å². The van der Waals surface area contributed by atoms with E-state index < -0.39 is 0 Å². The van der Waals surface area contributed by atoms with Crippen molar-refractivity contribution in [3.8, 4) is 0 Å². The fourth-order valence-electron chi connectivity index (χ4n) is 1.95. The highest BCUT2D eigenvalue weighted by atomic mass is 35.5. The van der Waals surface area contributed by atoms with Crippen LogP contribution in [0.4, 0.5) is 0 Å². The van der Waals surface area contributed by atoms with Crippen LogP contribution >= 0.6 is 23.2 Å². The summed E-state index contributed by atoms with van der Waals surface area (Å²) in [6, 6.07) is 5.05. The molecule has 6 heteroatoms. The number of carbonyl (C=O) groups is 2. The molecule has 1 aromatic rings. The maximum Gasteiger partial charge on any atom is 0.244 e. The van der Waals surface area contributed by atoms with Gasteiger partial charge < -0.3 is 10.6 Å². The third-order valence-electron chi connectivity index (χ3n) is 2.92. The number of rotatable bonds is 3. The van der Waals surface area contributed by atoms with Crippen molar-refractivity contribution >= 4 is 41.1 Å². The fraction of sp³-hybridized carbons (Fsp3) is 0.286. The summed E-state index contributed by atoms with van der Waals surface area (Å²) in [6.45, 7) is 0.474. The van der Waals surface area contributed by atoms with Crippen LogP contribution < -0.4 is 10.6 Å². The second-order valence-electron chi connectivity index (χ2n) is 4.58. The van der Waals surface area contributed by atoms with Crippen LogP contribution in [0.2, 0.25) is 10.0 Å². The van der Waals surface area contributed by atoms with E-state index in [2.05, 4.69) is 10.6 Å². The van der Waals surface area contributed by atoms with Gasteiger partial charge in [-0.05, 0) is 36.3 Å². The Kier molecular flexibility index (Phi) is 5.04. The number of hydrogen-bond donors (Lipinski definition) is 2. The molecule has 0 aliphatic carbocycles. The molecular formula is C14H14Cl2N2O2. The zero-order valence-corrected chi connectivity index (χ0v) is 12.2. The summed E-state index contributed by atoms with van der Waals surface area (Å²) in [7, 11) is 0. The molecule has 20 heavy (non-hydrogen) atoms. The molecule has 1 saturated heterocycles. The van der Waals surface area contributed by atoms with Gasteiger partial charge in [-0.3, -0.25) is 9.59 Å². The summed E-state index contributed by atoms with van der Waals surface area (Å²) in [4.78, 5) is 22.8. The highest BCUT2D eigenvalue weighted by Crippen LogP contribution is 2.19. The summed E-state index contributed by atoms with van der Waals surface area (Å²) >= 11 is 11.8. The van der Waals surface area contributed by atoms with Crippen LogP contribution in [0.25, 0.3) is 6.08 Å². The quantitative estimate of drug-likeness (QED) is 0.842. The first-order valence-corrected chi connectivity index (χ1v) is 7.00. The smallest absolute Gasteiger partial charge is 0.244 e. The minimum absolute atomic E-state index is 0.0206. The molecule has 1 heterocycles. The molecule has 106 valence electrons. The van der Waals surface area contributed by atoms with Crippen molar-refractivity contribution in [3.05, 3.63) is 39.9 Å². The summed E-state index contributed by atoms with van der Waals surface area (Å²) in [5.74, 6) is -0.179. The largest absolute Gasteiger partial charge is 0.354 e. The molecule has 2 N–H and O–H groups in total. The van der Waals surface area contributed by atoms with Crippen molar-refractivity contribution in [2.45, 2.75) is 18.9 Å². The molecule has 0 aromatic heterocycles. The molecule has 0 bridgehead atoms. The molecule has 1 aliphatic heterocycles. The molecule has 4 nitrogen and oxygen atoms in total. The Hall–Kier alpha value is -1.52. The lowest BCUT2D eigenvalue weighted by atomic mass is 10.1. The molecule has 2 amide bonds. The number of piperidine rings is 1. The number of hydrogen-bond acceptors (Lipinski definition) is 2. The Labute approximate surface area is 127 Å². The van der Waals surface area contributed by atoms with E-state index in [1.54, 1.807) is 24.3 Å². The zero-order valence-electron chi connectivity index (χ0n) is 10.7. The molecular weight excluding hydrogens is 299 g/mol. The zero-order chi connectivity index (χ0) is 14.5. The molecule has 1 atom stereocenters. The first-order valence-electron chi connectivity index (χ1n) is 6.24. The van der Waals surface area contributed by atoms with Gasteiger partial charge in [0.25, 0.3) is 0 Å². The average molecular weight is 313 g/mol. The normalized spacial score (nSPS) is 18.9. The lowest BCUT2D eigenvalue weighted by Crippen LogP contribution is -2.47. The second-order valence-corrected chi connectivity index (χ2v) is 5.46. The summed E-state index contributed by atoms with van der Waals surface area (Å²) < 4.78 is 0. The topological polar surface area (TPSA) is 58.2 Å². The number of halogens is 2. The van der Waals surface area contributed by atoms with E-state index in [0.29, 0.717) is 29.4 Å². The number of carbonyl (C=O) groups excluding carboxylic acids is 2. The van der Waals surface area contributed by atoms with Crippen molar-refractivity contribution < 1.29 is 9.59 Å². The Bertz CT molecular complexity index is 528. The van der Waals surface area contributed by atoms with Gasteiger partial charge >= 0.3 is 0 Å². The van der Waals surface area contributed by atoms with Gasteiger partial charge in [-0.1, -0.05) is 23.2 Å². The molecule has 1 unspecified atom stereocenters. The Morgan fingerprint density at radius 2 is 2.00 bits per heavy atom. The highest BCUT2D eigenvalue weighted by Gasteiger charge is 2.18. The number of benzene rings is 1. The van der Waals surface area contributed by atoms with Gasteiger partial charge in [0.15, 0.2) is 0 Å². The van der Waals surface area contributed by atoms with Crippen molar-refractivity contribution in [3.63, 3.8) is 0 Å². The predicted octanol–water partition coefficient (Wildman–Crippen LogP) is 2.40. The molecule has 0 radical (unpaired) electrons. The lowest BCUT2D eigenvalue weighted by Gasteiger charge is -2.22. The highest BCUT2D eigenvalue weighted by molar-refractivity contribution is 6.34. The van der Waals surface area contributed by atoms with E-state index in [1.165, 1.54) is 6.08 Å². The van der Waals surface area contributed by atoms with E-state index in [0.717, 1.165) is 5.56 Å². The molecule has 1 aliphatic rings. The van der Waals surface area contributed by atoms with Crippen molar-refractivity contribution in [1.82, 2.24) is 10.6 Å². The van der Waals surface area contributed by atoms with Crippen LogP contribution in [0.3, 0.4) is 0 Å². The summed E-state index contributed by atoms with van der Waals surface area (Å²) in [6.07, 6.45) is 4.18. The van der Waals surface area contributed by atoms with Gasteiger partial charge in [-0.15, -0.1) is 0 Å².